The van der Waals surface area contributed by atoms with Crippen LogP contribution in [0.1, 0.15) is 149 Å². The van der Waals surface area contributed by atoms with Crippen LogP contribution in [0.3, 0.4) is 0 Å². The van der Waals surface area contributed by atoms with Crippen molar-refractivity contribution >= 4 is 17.9 Å². The molecule has 0 aromatic rings. The van der Waals surface area contributed by atoms with Crippen LogP contribution in [-0.2, 0) is 28.6 Å². The van der Waals surface area contributed by atoms with Crippen LogP contribution in [0, 0.1) is 0 Å². The average molecular weight is 704 g/mol. The van der Waals surface area contributed by atoms with Gasteiger partial charge in [0.2, 0.25) is 0 Å². The van der Waals surface area contributed by atoms with Crippen LogP contribution in [0.5, 0.6) is 0 Å². The summed E-state index contributed by atoms with van der Waals surface area (Å²) >= 11 is 0. The Labute approximate surface area is 306 Å². The van der Waals surface area contributed by atoms with Gasteiger partial charge in [0.1, 0.15) is 12.6 Å². The molecule has 0 bridgehead atoms. The summed E-state index contributed by atoms with van der Waals surface area (Å²) in [5, 5.41) is 11.6. The fourth-order valence-corrected chi connectivity index (χ4v) is 5.41. The van der Waals surface area contributed by atoms with Gasteiger partial charge in [-0.05, 0) is 51.4 Å². The molecule has 0 saturated heterocycles. The molecule has 0 aliphatic carbocycles. The summed E-state index contributed by atoms with van der Waals surface area (Å²) in [6.07, 6.45) is 37.2. The normalized spacial score (nSPS) is 13.5. The molecule has 0 N–H and O–H groups in total. The fourth-order valence-electron chi connectivity index (χ4n) is 5.41. The Balaban J connectivity index is 4.34. The number of likely N-dealkylation sites (N-methyl/N-ethyl adjacent to an activating group) is 1. The Hall–Kier alpha value is -2.71. The SMILES string of the molecule is CC/C=C/C/C=C/C/C=C/C/C=C/CCCCCCCCC(=O)OC(COCCC(C(=O)[O-])[N+](C)(C)C)COC(=O)CCCCCCCCC. The molecule has 0 aliphatic rings. The predicted molar refractivity (Wildman–Crippen MR) is 203 cm³/mol. The molecular formula is C42H73NO7. The molecule has 0 heterocycles. The van der Waals surface area contributed by atoms with Gasteiger partial charge in [0.05, 0.1) is 40.3 Å². The zero-order valence-electron chi connectivity index (χ0n) is 32.5. The number of rotatable bonds is 34. The minimum Gasteiger partial charge on any atom is -0.544 e. The molecule has 0 aromatic heterocycles. The minimum atomic E-state index is -1.13. The van der Waals surface area contributed by atoms with Gasteiger partial charge in [-0.1, -0.05) is 127 Å². The van der Waals surface area contributed by atoms with E-state index in [4.69, 9.17) is 14.2 Å². The number of unbranched alkanes of at least 4 members (excludes halogenated alkanes) is 12. The summed E-state index contributed by atoms with van der Waals surface area (Å²) in [4.78, 5) is 36.5. The van der Waals surface area contributed by atoms with Gasteiger partial charge in [-0.15, -0.1) is 0 Å². The zero-order valence-corrected chi connectivity index (χ0v) is 32.5. The number of quaternary nitrogens is 1. The van der Waals surface area contributed by atoms with Crippen molar-refractivity contribution in [3.05, 3.63) is 48.6 Å². The third kappa shape index (κ3) is 31.3. The molecular weight excluding hydrogens is 630 g/mol. The van der Waals surface area contributed by atoms with Crippen molar-refractivity contribution in [1.82, 2.24) is 0 Å². The first-order valence-electron chi connectivity index (χ1n) is 19.7. The molecule has 8 heteroatoms. The first-order chi connectivity index (χ1) is 24.1. The summed E-state index contributed by atoms with van der Waals surface area (Å²) in [6, 6.07) is -0.726. The number of esters is 2. The molecule has 0 fully saturated rings. The van der Waals surface area contributed by atoms with Crippen molar-refractivity contribution in [3.8, 4) is 0 Å². The highest BCUT2D eigenvalue weighted by Gasteiger charge is 2.25. The molecule has 2 unspecified atom stereocenters. The number of ether oxygens (including phenoxy) is 3. The number of allylic oxidation sites excluding steroid dienone is 8. The number of nitrogens with zero attached hydrogens (tertiary/aromatic N) is 1. The lowest BCUT2D eigenvalue weighted by molar-refractivity contribution is -0.889. The van der Waals surface area contributed by atoms with E-state index in [2.05, 4.69) is 62.5 Å². The van der Waals surface area contributed by atoms with Gasteiger partial charge in [-0.25, -0.2) is 0 Å². The number of carbonyl (C=O) groups excluding carboxylic acids is 3. The van der Waals surface area contributed by atoms with Crippen molar-refractivity contribution in [2.24, 2.45) is 0 Å². The maximum Gasteiger partial charge on any atom is 0.306 e. The number of hydrogen-bond donors (Lipinski definition) is 0. The van der Waals surface area contributed by atoms with Crippen molar-refractivity contribution in [3.63, 3.8) is 0 Å². The quantitative estimate of drug-likeness (QED) is 0.0286. The molecule has 288 valence electrons. The van der Waals surface area contributed by atoms with E-state index in [-0.39, 0.29) is 42.7 Å². The number of aliphatic carboxylic acids is 1. The van der Waals surface area contributed by atoms with Crippen molar-refractivity contribution in [2.75, 3.05) is 41.0 Å². The second-order valence-corrected chi connectivity index (χ2v) is 14.1. The van der Waals surface area contributed by atoms with Gasteiger partial charge >= 0.3 is 11.9 Å². The lowest BCUT2D eigenvalue weighted by Gasteiger charge is -2.34. The number of hydrogen-bond acceptors (Lipinski definition) is 7. The fraction of sp³-hybridized carbons (Fsp3) is 0.738. The maximum absolute atomic E-state index is 12.6. The maximum atomic E-state index is 12.6. The van der Waals surface area contributed by atoms with Crippen LogP contribution in [0.2, 0.25) is 0 Å². The predicted octanol–water partition coefficient (Wildman–Crippen LogP) is 8.74. The van der Waals surface area contributed by atoms with Gasteiger partial charge in [-0.2, -0.15) is 0 Å². The van der Waals surface area contributed by atoms with Gasteiger partial charge in [0.25, 0.3) is 0 Å². The van der Waals surface area contributed by atoms with Crippen LogP contribution in [0.4, 0.5) is 0 Å². The summed E-state index contributed by atoms with van der Waals surface area (Å²) in [7, 11) is 5.38. The van der Waals surface area contributed by atoms with E-state index in [1.165, 1.54) is 38.5 Å². The number of carboxylic acid groups (broad SMARTS) is 1. The molecule has 0 aromatic carbocycles. The minimum absolute atomic E-state index is 0.0344. The molecule has 0 aliphatic heterocycles. The molecule has 0 spiro atoms. The molecule has 0 radical (unpaired) electrons. The van der Waals surface area contributed by atoms with Gasteiger partial charge < -0.3 is 28.6 Å². The lowest BCUT2D eigenvalue weighted by Crippen LogP contribution is -2.55. The summed E-state index contributed by atoms with van der Waals surface area (Å²) in [5.41, 5.74) is 0. The number of carboxylic acids is 1. The first-order valence-corrected chi connectivity index (χ1v) is 19.7. The Morgan fingerprint density at radius 3 is 1.66 bits per heavy atom. The van der Waals surface area contributed by atoms with Crippen LogP contribution in [0.25, 0.3) is 0 Å². The summed E-state index contributed by atoms with van der Waals surface area (Å²) < 4.78 is 17.0. The second-order valence-electron chi connectivity index (χ2n) is 14.1. The third-order valence-electron chi connectivity index (χ3n) is 8.48. The van der Waals surface area contributed by atoms with E-state index in [0.29, 0.717) is 12.8 Å². The Morgan fingerprint density at radius 2 is 1.12 bits per heavy atom. The first kappa shape index (κ1) is 47.3. The van der Waals surface area contributed by atoms with Gasteiger partial charge in [-0.3, -0.25) is 9.59 Å². The highest BCUT2D eigenvalue weighted by atomic mass is 16.6. The zero-order chi connectivity index (χ0) is 37.1. The third-order valence-corrected chi connectivity index (χ3v) is 8.48. The summed E-state index contributed by atoms with van der Waals surface area (Å²) in [6.45, 7) is 4.47. The molecule has 0 rings (SSSR count). The van der Waals surface area contributed by atoms with E-state index < -0.39 is 18.1 Å². The molecule has 0 saturated carbocycles. The molecule has 50 heavy (non-hydrogen) atoms. The second kappa shape index (κ2) is 33.4. The average Bonchev–Trinajstić information content (AvgIpc) is 3.06. The largest absolute Gasteiger partial charge is 0.544 e. The standard InChI is InChI=1S/C42H73NO7/c1-6-8-10-12-14-15-16-17-18-19-20-21-22-23-24-25-27-29-31-33-41(45)50-38(36-48-35-34-39(42(46)47)43(3,4)5)37-49-40(44)32-30-28-26-13-11-9-7-2/h8,10,14-15,17-18,20-21,38-39H,6-7,9,11-13,16,19,22-37H2,1-5H3/b10-8+,15-14+,18-17+,21-20+. The number of carbonyl (C=O) groups is 3. The Morgan fingerprint density at radius 1 is 0.620 bits per heavy atom. The highest BCUT2D eigenvalue weighted by Crippen LogP contribution is 2.13. The van der Waals surface area contributed by atoms with Gasteiger partial charge in [0.15, 0.2) is 6.10 Å². The van der Waals surface area contributed by atoms with Crippen LogP contribution in [0.15, 0.2) is 48.6 Å². The van der Waals surface area contributed by atoms with Crippen molar-refractivity contribution in [2.45, 2.75) is 161 Å². The van der Waals surface area contributed by atoms with E-state index in [0.717, 1.165) is 77.0 Å². The van der Waals surface area contributed by atoms with E-state index in [1.54, 1.807) is 21.1 Å². The van der Waals surface area contributed by atoms with E-state index >= 15 is 0 Å². The topological polar surface area (TPSA) is 102 Å². The smallest absolute Gasteiger partial charge is 0.306 e. The lowest BCUT2D eigenvalue weighted by atomic mass is 10.1. The van der Waals surface area contributed by atoms with Crippen LogP contribution in [-0.4, -0.2) is 75.5 Å². The van der Waals surface area contributed by atoms with Crippen LogP contribution < -0.4 is 5.11 Å². The summed E-state index contributed by atoms with van der Waals surface area (Å²) in [5.74, 6) is -1.77. The Kier molecular flexibility index (Phi) is 31.6. The van der Waals surface area contributed by atoms with Crippen LogP contribution >= 0.6 is 0 Å². The monoisotopic (exact) mass is 704 g/mol. The van der Waals surface area contributed by atoms with Gasteiger partial charge in [0, 0.05) is 19.3 Å². The van der Waals surface area contributed by atoms with E-state index in [1.807, 2.05) is 0 Å². The molecule has 0 amide bonds. The molecule has 8 nitrogen and oxygen atoms in total. The molecule has 2 atom stereocenters. The Bertz CT molecular complexity index is 964. The van der Waals surface area contributed by atoms with Crippen molar-refractivity contribution in [1.29, 1.82) is 0 Å². The van der Waals surface area contributed by atoms with Crippen molar-refractivity contribution < 1.29 is 38.2 Å². The highest BCUT2D eigenvalue weighted by molar-refractivity contribution is 5.70. The van der Waals surface area contributed by atoms with E-state index in [9.17, 15) is 19.5 Å².